The molecule has 7 N–H and O–H groups in total. The maximum atomic E-state index is 7.54. The van der Waals surface area contributed by atoms with Crippen molar-refractivity contribution in [2.75, 3.05) is 14.2 Å². The van der Waals surface area contributed by atoms with E-state index < -0.39 is 0 Å². The van der Waals surface area contributed by atoms with E-state index in [2.05, 4.69) is 20.6 Å². The van der Waals surface area contributed by atoms with Crippen molar-refractivity contribution in [3.8, 4) is 5.75 Å². The van der Waals surface area contributed by atoms with Gasteiger partial charge in [-0.2, -0.15) is 0 Å². The summed E-state index contributed by atoms with van der Waals surface area (Å²) in [6.45, 7) is 4.01. The smallest absolute Gasteiger partial charge is 0.132 e. The van der Waals surface area contributed by atoms with Crippen LogP contribution in [0.1, 0.15) is 19.4 Å². The highest BCUT2D eigenvalue weighted by Gasteiger charge is 2.18. The Balaban J connectivity index is 1.90. The zero-order valence-corrected chi connectivity index (χ0v) is 19.9. The van der Waals surface area contributed by atoms with E-state index in [0.29, 0.717) is 17.4 Å². The van der Waals surface area contributed by atoms with Crippen LogP contribution in [0.25, 0.3) is 5.70 Å². The summed E-state index contributed by atoms with van der Waals surface area (Å²) in [6.07, 6.45) is 12.4. The minimum absolute atomic E-state index is 0.186. The summed E-state index contributed by atoms with van der Waals surface area (Å²) in [5, 5.41) is 14.1. The van der Waals surface area contributed by atoms with Crippen LogP contribution in [0.4, 0.5) is 0 Å². The SMILES string of the molecule is CN=CC(C1=CNC2=CC=C(N=C(N)C=C(C=N)C(C)C)NC2=C1)=C(N)c1ccc(OC)cc1. The molecule has 0 unspecified atom stereocenters. The van der Waals surface area contributed by atoms with E-state index in [1.165, 1.54) is 6.21 Å². The average Bonchev–Trinajstić information content (AvgIpc) is 2.84. The number of hydrogen-bond donors (Lipinski definition) is 5. The van der Waals surface area contributed by atoms with Gasteiger partial charge in [0.2, 0.25) is 0 Å². The molecule has 3 rings (SSSR count). The van der Waals surface area contributed by atoms with Crippen LogP contribution in [0.15, 0.2) is 98.7 Å². The van der Waals surface area contributed by atoms with Gasteiger partial charge in [-0.25, -0.2) is 4.99 Å². The number of methoxy groups -OCH3 is 1. The maximum Gasteiger partial charge on any atom is 0.132 e. The molecule has 0 fully saturated rings. The lowest BCUT2D eigenvalue weighted by atomic mass is 9.97. The third kappa shape index (κ3) is 5.72. The molecule has 176 valence electrons. The van der Waals surface area contributed by atoms with E-state index in [4.69, 9.17) is 21.6 Å². The molecule has 0 aliphatic carbocycles. The number of nitrogens with one attached hydrogen (secondary N) is 3. The van der Waals surface area contributed by atoms with Crippen LogP contribution < -0.4 is 26.8 Å². The van der Waals surface area contributed by atoms with Gasteiger partial charge >= 0.3 is 0 Å². The summed E-state index contributed by atoms with van der Waals surface area (Å²) in [4.78, 5) is 8.66. The zero-order valence-electron chi connectivity index (χ0n) is 19.9. The molecule has 1 aromatic rings. The van der Waals surface area contributed by atoms with Crippen molar-refractivity contribution in [2.24, 2.45) is 27.4 Å². The molecule has 0 saturated carbocycles. The van der Waals surface area contributed by atoms with Crippen molar-refractivity contribution in [1.82, 2.24) is 10.6 Å². The lowest BCUT2D eigenvalue weighted by Gasteiger charge is -2.24. The second-order valence-electron chi connectivity index (χ2n) is 7.98. The number of fused-ring (bicyclic) bond motifs is 1. The molecule has 2 aliphatic rings. The number of nitrogens with two attached hydrogens (primary N) is 2. The Morgan fingerprint density at radius 3 is 2.47 bits per heavy atom. The molecule has 34 heavy (non-hydrogen) atoms. The second-order valence-corrected chi connectivity index (χ2v) is 7.98. The predicted molar refractivity (Wildman–Crippen MR) is 140 cm³/mol. The summed E-state index contributed by atoms with van der Waals surface area (Å²) >= 11 is 0. The molecule has 2 aliphatic heterocycles. The predicted octanol–water partition coefficient (Wildman–Crippen LogP) is 3.35. The van der Waals surface area contributed by atoms with Crippen molar-refractivity contribution < 1.29 is 4.74 Å². The largest absolute Gasteiger partial charge is 0.497 e. The first kappa shape index (κ1) is 24.3. The van der Waals surface area contributed by atoms with Crippen LogP contribution in [0.2, 0.25) is 0 Å². The first-order chi connectivity index (χ1) is 16.4. The van der Waals surface area contributed by atoms with Crippen molar-refractivity contribution >= 4 is 24.0 Å². The topological polar surface area (TPSA) is 134 Å². The summed E-state index contributed by atoms with van der Waals surface area (Å²) in [7, 11) is 3.34. The number of hydrogen-bond acceptors (Lipinski definition) is 7. The van der Waals surface area contributed by atoms with Gasteiger partial charge in [-0.05, 0) is 65.6 Å². The number of nitrogens with zero attached hydrogens (tertiary/aromatic N) is 2. The number of benzene rings is 1. The van der Waals surface area contributed by atoms with E-state index in [0.717, 1.165) is 39.4 Å². The van der Waals surface area contributed by atoms with Gasteiger partial charge in [0, 0.05) is 42.5 Å². The van der Waals surface area contributed by atoms with Crippen LogP contribution in [0, 0.1) is 11.3 Å². The lowest BCUT2D eigenvalue weighted by Crippen LogP contribution is -2.27. The molecule has 0 radical (unpaired) electrons. The van der Waals surface area contributed by atoms with Crippen LogP contribution >= 0.6 is 0 Å². The van der Waals surface area contributed by atoms with Gasteiger partial charge in [0.15, 0.2) is 0 Å². The van der Waals surface area contributed by atoms with E-state index in [-0.39, 0.29) is 5.92 Å². The minimum Gasteiger partial charge on any atom is -0.497 e. The van der Waals surface area contributed by atoms with Crippen molar-refractivity contribution in [3.05, 3.63) is 94.3 Å². The highest BCUT2D eigenvalue weighted by Crippen LogP contribution is 2.26. The highest BCUT2D eigenvalue weighted by atomic mass is 16.5. The zero-order chi connectivity index (χ0) is 24.7. The fraction of sp³-hybridized carbons (Fsp3) is 0.192. The summed E-state index contributed by atoms with van der Waals surface area (Å²) in [5.41, 5.74) is 18.3. The lowest BCUT2D eigenvalue weighted by molar-refractivity contribution is 0.415. The number of aliphatic imine (C=N–C) groups is 2. The van der Waals surface area contributed by atoms with Crippen molar-refractivity contribution in [2.45, 2.75) is 13.8 Å². The fourth-order valence-corrected chi connectivity index (χ4v) is 3.38. The van der Waals surface area contributed by atoms with Gasteiger partial charge in [-0.3, -0.25) is 4.99 Å². The van der Waals surface area contributed by atoms with Crippen LogP contribution in [-0.2, 0) is 0 Å². The van der Waals surface area contributed by atoms with Gasteiger partial charge < -0.3 is 32.2 Å². The van der Waals surface area contributed by atoms with Gasteiger partial charge in [0.25, 0.3) is 0 Å². The van der Waals surface area contributed by atoms with Crippen LogP contribution in [0.3, 0.4) is 0 Å². The maximum absolute atomic E-state index is 7.54. The number of dihydropyridines is 2. The number of ether oxygens (including phenoxy) is 1. The fourth-order valence-electron chi connectivity index (χ4n) is 3.38. The first-order valence-electron chi connectivity index (χ1n) is 10.9. The van der Waals surface area contributed by atoms with E-state index in [1.807, 2.05) is 62.5 Å². The Hall–Kier alpha value is -4.33. The minimum atomic E-state index is 0.186. The molecule has 0 bridgehead atoms. The Labute approximate surface area is 200 Å². The summed E-state index contributed by atoms with van der Waals surface area (Å²) in [5.74, 6) is 1.87. The second kappa shape index (κ2) is 11.0. The number of allylic oxidation sites excluding steroid dienone is 6. The normalized spacial score (nSPS) is 17.0. The van der Waals surface area contributed by atoms with Gasteiger partial charge in [-0.1, -0.05) is 13.8 Å². The molecule has 8 heteroatoms. The first-order valence-corrected chi connectivity index (χ1v) is 10.9. The molecule has 0 aromatic heterocycles. The van der Waals surface area contributed by atoms with Crippen molar-refractivity contribution in [1.29, 1.82) is 5.41 Å². The molecule has 0 spiro atoms. The quantitative estimate of drug-likeness (QED) is 0.301. The summed E-state index contributed by atoms with van der Waals surface area (Å²) in [6, 6.07) is 7.57. The van der Waals surface area contributed by atoms with Crippen LogP contribution in [0.5, 0.6) is 5.75 Å². The molecular formula is C26H31N7O. The molecule has 8 nitrogen and oxygen atoms in total. The third-order valence-corrected chi connectivity index (χ3v) is 5.30. The Bertz CT molecular complexity index is 1190. The van der Waals surface area contributed by atoms with Crippen LogP contribution in [-0.4, -0.2) is 32.4 Å². The van der Waals surface area contributed by atoms with Gasteiger partial charge in [0.1, 0.15) is 17.4 Å². The molecule has 0 amide bonds. The van der Waals surface area contributed by atoms with Crippen molar-refractivity contribution in [3.63, 3.8) is 0 Å². The van der Waals surface area contributed by atoms with Gasteiger partial charge in [0.05, 0.1) is 18.5 Å². The summed E-state index contributed by atoms with van der Waals surface area (Å²) < 4.78 is 5.24. The molecule has 0 atom stereocenters. The Morgan fingerprint density at radius 1 is 1.12 bits per heavy atom. The molecule has 1 aromatic carbocycles. The molecule has 2 heterocycles. The standard InChI is InChI=1S/C26H31N7O/c1-16(2)18(13-27)12-24(28)33-25-10-9-22-23(32-25)11-19(14-31-22)21(15-30-3)26(29)17-5-7-20(34-4)8-6-17/h5-16,27,31-32H,29H2,1-4H3,(H2,28,33). The average molecular weight is 458 g/mol. The monoisotopic (exact) mass is 457 g/mol. The molecule has 0 saturated heterocycles. The van der Waals surface area contributed by atoms with Gasteiger partial charge in [-0.15, -0.1) is 0 Å². The third-order valence-electron chi connectivity index (χ3n) is 5.30. The van der Waals surface area contributed by atoms with E-state index >= 15 is 0 Å². The highest BCUT2D eigenvalue weighted by molar-refractivity contribution is 5.98. The van der Waals surface area contributed by atoms with E-state index in [9.17, 15) is 0 Å². The number of rotatable bonds is 8. The Kier molecular flexibility index (Phi) is 7.87. The number of amidine groups is 1. The Morgan fingerprint density at radius 2 is 1.85 bits per heavy atom. The molecular weight excluding hydrogens is 426 g/mol. The van der Waals surface area contributed by atoms with E-state index in [1.54, 1.807) is 26.4 Å².